The molecule has 14 nitrogen and oxygen atoms in total. The SMILES string of the molecule is CCCCCCCCCCCCCCCCCCCCCCCCCCCCCCCCCC(=O)NC(COC1OC(CO)C(OC2OC(CO)C(O)C(O)C2O)C(O)C1O)C(O)CCCCCCCCCCCCCCCCCCC. The second kappa shape index (κ2) is 54.2. The highest BCUT2D eigenvalue weighted by atomic mass is 16.7. The van der Waals surface area contributed by atoms with E-state index in [0.29, 0.717) is 12.8 Å². The van der Waals surface area contributed by atoms with Crippen molar-refractivity contribution in [1.29, 1.82) is 0 Å². The van der Waals surface area contributed by atoms with Crippen molar-refractivity contribution in [2.75, 3.05) is 19.8 Å². The molecule has 0 aromatic heterocycles. The van der Waals surface area contributed by atoms with Crippen LogP contribution in [0.5, 0.6) is 0 Å². The third-order valence-electron chi connectivity index (χ3n) is 17.8. The van der Waals surface area contributed by atoms with Crippen LogP contribution in [0.2, 0.25) is 0 Å². The van der Waals surface area contributed by atoms with Crippen molar-refractivity contribution < 1.29 is 64.6 Å². The molecule has 82 heavy (non-hydrogen) atoms. The minimum Gasteiger partial charge on any atom is -0.394 e. The Balaban J connectivity index is 1.62. The Morgan fingerprint density at radius 2 is 0.695 bits per heavy atom. The molecule has 2 rings (SSSR count). The number of nitrogens with one attached hydrogen (secondary N) is 1. The lowest BCUT2D eigenvalue weighted by Crippen LogP contribution is -2.65. The van der Waals surface area contributed by atoms with Gasteiger partial charge in [-0.3, -0.25) is 4.79 Å². The third kappa shape index (κ3) is 38.3. The molecule has 0 aromatic carbocycles. The van der Waals surface area contributed by atoms with E-state index in [-0.39, 0.29) is 12.5 Å². The van der Waals surface area contributed by atoms with Crippen LogP contribution in [0.3, 0.4) is 0 Å². The van der Waals surface area contributed by atoms with Gasteiger partial charge < -0.3 is 65.1 Å². The van der Waals surface area contributed by atoms with Crippen LogP contribution in [0.4, 0.5) is 0 Å². The van der Waals surface area contributed by atoms with Crippen LogP contribution >= 0.6 is 0 Å². The quantitative estimate of drug-likeness (QED) is 0.0259. The van der Waals surface area contributed by atoms with E-state index < -0.39 is 86.8 Å². The second-order valence-corrected chi connectivity index (χ2v) is 25.4. The number of aliphatic hydroxyl groups is 8. The van der Waals surface area contributed by atoms with Crippen molar-refractivity contribution in [3.05, 3.63) is 0 Å². The van der Waals surface area contributed by atoms with Crippen LogP contribution in [-0.2, 0) is 23.7 Å². The summed E-state index contributed by atoms with van der Waals surface area (Å²) < 4.78 is 22.9. The predicted octanol–water partition coefficient (Wildman–Crippen LogP) is 14.0. The van der Waals surface area contributed by atoms with E-state index in [2.05, 4.69) is 19.2 Å². The zero-order valence-electron chi connectivity index (χ0n) is 53.0. The van der Waals surface area contributed by atoms with Crippen molar-refractivity contribution >= 4 is 5.91 Å². The second-order valence-electron chi connectivity index (χ2n) is 25.4. The summed E-state index contributed by atoms with van der Waals surface area (Å²) in [7, 11) is 0. The van der Waals surface area contributed by atoms with Crippen LogP contribution in [-0.4, -0.2) is 140 Å². The summed E-state index contributed by atoms with van der Waals surface area (Å²) in [5, 5.41) is 87.5. The van der Waals surface area contributed by atoms with E-state index in [4.69, 9.17) is 18.9 Å². The molecule has 0 aromatic rings. The van der Waals surface area contributed by atoms with Crippen LogP contribution in [0.15, 0.2) is 0 Å². The van der Waals surface area contributed by atoms with Crippen molar-refractivity contribution in [1.82, 2.24) is 5.32 Å². The van der Waals surface area contributed by atoms with Gasteiger partial charge >= 0.3 is 0 Å². The molecule has 488 valence electrons. The van der Waals surface area contributed by atoms with Crippen LogP contribution in [0.1, 0.15) is 335 Å². The zero-order valence-corrected chi connectivity index (χ0v) is 53.0. The monoisotopic (exact) mass is 1170 g/mol. The Labute approximate surface area is 502 Å². The van der Waals surface area contributed by atoms with E-state index in [0.717, 1.165) is 51.4 Å². The van der Waals surface area contributed by atoms with Crippen molar-refractivity contribution in [2.24, 2.45) is 0 Å². The Morgan fingerprint density at radius 1 is 0.390 bits per heavy atom. The van der Waals surface area contributed by atoms with Crippen molar-refractivity contribution in [2.45, 2.75) is 408 Å². The molecule has 2 aliphatic heterocycles. The molecule has 2 saturated heterocycles. The maximum atomic E-state index is 13.3. The number of carbonyl (C=O) groups is 1. The van der Waals surface area contributed by atoms with Gasteiger partial charge in [-0.15, -0.1) is 0 Å². The van der Waals surface area contributed by atoms with Gasteiger partial charge in [0.25, 0.3) is 0 Å². The summed E-state index contributed by atoms with van der Waals surface area (Å²) in [4.78, 5) is 13.3. The van der Waals surface area contributed by atoms with Gasteiger partial charge in [0.2, 0.25) is 5.91 Å². The summed E-state index contributed by atoms with van der Waals surface area (Å²) >= 11 is 0. The van der Waals surface area contributed by atoms with Gasteiger partial charge in [-0.2, -0.15) is 0 Å². The van der Waals surface area contributed by atoms with E-state index in [1.54, 1.807) is 0 Å². The first-order chi connectivity index (χ1) is 40.1. The normalized spacial score (nSPS) is 23.8. The molecule has 1 amide bonds. The first-order valence-corrected chi connectivity index (χ1v) is 35.3. The maximum absolute atomic E-state index is 13.3. The van der Waals surface area contributed by atoms with Crippen LogP contribution in [0, 0.1) is 0 Å². The number of amides is 1. The Bertz CT molecular complexity index is 1380. The standard InChI is InChI=1S/C68H133NO13/c1-3-5-7-9-11-13-15-17-19-21-22-23-24-25-26-27-28-29-30-31-32-33-34-36-38-40-42-44-46-48-50-52-60(73)69-56(57(72)51-49-47-45-43-41-39-37-35-20-18-16-14-12-10-8-6-4-2)55-79-67-65(78)63(76)66(59(54-71)81-67)82-68-64(77)62(75)61(74)58(53-70)80-68/h56-59,61-68,70-72,74-78H,3-55H2,1-2H3,(H,69,73). The first kappa shape index (κ1) is 77.1. The molecular formula is C68H133NO13. The van der Waals surface area contributed by atoms with Gasteiger partial charge in [-0.1, -0.05) is 316 Å². The van der Waals surface area contributed by atoms with Gasteiger partial charge in [0, 0.05) is 6.42 Å². The predicted molar refractivity (Wildman–Crippen MR) is 332 cm³/mol. The lowest BCUT2D eigenvalue weighted by molar-refractivity contribution is -0.359. The third-order valence-corrected chi connectivity index (χ3v) is 17.8. The van der Waals surface area contributed by atoms with E-state index in [1.807, 2.05) is 0 Å². The Hall–Kier alpha value is -1.01. The lowest BCUT2D eigenvalue weighted by Gasteiger charge is -2.46. The molecular weight excluding hydrogens is 1040 g/mol. The number of carbonyl (C=O) groups excluding carboxylic acids is 1. The molecule has 0 radical (unpaired) electrons. The molecule has 14 heteroatoms. The average molecular weight is 1170 g/mol. The minimum absolute atomic E-state index is 0.197. The number of hydrogen-bond acceptors (Lipinski definition) is 13. The summed E-state index contributed by atoms with van der Waals surface area (Å²) in [5.41, 5.74) is 0. The smallest absolute Gasteiger partial charge is 0.220 e. The molecule has 2 fully saturated rings. The lowest BCUT2D eigenvalue weighted by atomic mass is 9.97. The number of aliphatic hydroxyl groups excluding tert-OH is 8. The van der Waals surface area contributed by atoms with Gasteiger partial charge in [0.1, 0.15) is 48.8 Å². The van der Waals surface area contributed by atoms with E-state index in [9.17, 15) is 45.6 Å². The molecule has 0 saturated carbocycles. The fraction of sp³-hybridized carbons (Fsp3) is 0.985. The fourth-order valence-corrected chi connectivity index (χ4v) is 12.2. The van der Waals surface area contributed by atoms with Gasteiger partial charge in [-0.05, 0) is 12.8 Å². The summed E-state index contributed by atoms with van der Waals surface area (Å²) in [6.45, 7) is 2.92. The zero-order chi connectivity index (χ0) is 59.5. The van der Waals surface area contributed by atoms with Crippen LogP contribution in [0.25, 0.3) is 0 Å². The number of ether oxygens (including phenoxy) is 4. The maximum Gasteiger partial charge on any atom is 0.220 e. The Morgan fingerprint density at radius 3 is 1.04 bits per heavy atom. The summed E-state index contributed by atoms with van der Waals surface area (Å²) in [5.74, 6) is -0.197. The highest BCUT2D eigenvalue weighted by Gasteiger charge is 2.51. The molecule has 2 aliphatic rings. The topological polar surface area (TPSA) is 228 Å². The molecule has 0 bridgehead atoms. The number of rotatable bonds is 59. The number of hydrogen-bond donors (Lipinski definition) is 9. The Kier molecular flexibility index (Phi) is 50.9. The fourth-order valence-electron chi connectivity index (χ4n) is 12.2. The van der Waals surface area contributed by atoms with E-state index in [1.165, 1.54) is 257 Å². The molecule has 0 aliphatic carbocycles. The molecule has 12 unspecified atom stereocenters. The molecule has 2 heterocycles. The molecule has 12 atom stereocenters. The highest BCUT2D eigenvalue weighted by molar-refractivity contribution is 5.76. The summed E-state index contributed by atoms with van der Waals surface area (Å²) in [6, 6.07) is -0.824. The summed E-state index contributed by atoms with van der Waals surface area (Å²) in [6.07, 6.45) is 47.0. The molecule has 9 N–H and O–H groups in total. The minimum atomic E-state index is -1.78. The largest absolute Gasteiger partial charge is 0.394 e. The van der Waals surface area contributed by atoms with Crippen LogP contribution < -0.4 is 5.32 Å². The first-order valence-electron chi connectivity index (χ1n) is 35.3. The van der Waals surface area contributed by atoms with Gasteiger partial charge in [0.15, 0.2) is 12.6 Å². The van der Waals surface area contributed by atoms with E-state index >= 15 is 0 Å². The van der Waals surface area contributed by atoms with Crippen molar-refractivity contribution in [3.8, 4) is 0 Å². The number of unbranched alkanes of at least 4 members (excludes halogenated alkanes) is 46. The van der Waals surface area contributed by atoms with Crippen molar-refractivity contribution in [3.63, 3.8) is 0 Å². The molecule has 0 spiro atoms. The highest BCUT2D eigenvalue weighted by Crippen LogP contribution is 2.30. The van der Waals surface area contributed by atoms with Gasteiger partial charge in [0.05, 0.1) is 32.0 Å². The van der Waals surface area contributed by atoms with Gasteiger partial charge in [-0.25, -0.2) is 0 Å². The average Bonchev–Trinajstić information content (AvgIpc) is 3.52.